The first-order chi connectivity index (χ1) is 10.5. The highest BCUT2D eigenvalue weighted by atomic mass is 19.1. The topological polar surface area (TPSA) is 55.6 Å². The lowest BCUT2D eigenvalue weighted by Crippen LogP contribution is -2.49. The SMILES string of the molecule is CC[C@H](Oc1ccccc1F)C(=O)N1CCC[C@@H]([C@@H](C)N)C1. The van der Waals surface area contributed by atoms with Crippen LogP contribution in [-0.2, 0) is 4.79 Å². The minimum absolute atomic E-state index is 0.0724. The molecule has 0 spiro atoms. The van der Waals surface area contributed by atoms with Gasteiger partial charge in [-0.1, -0.05) is 19.1 Å². The number of carbonyl (C=O) groups excluding carboxylic acids is 1. The number of ether oxygens (including phenoxy) is 1. The van der Waals surface area contributed by atoms with E-state index in [4.69, 9.17) is 10.5 Å². The van der Waals surface area contributed by atoms with Crippen molar-refractivity contribution in [2.75, 3.05) is 13.1 Å². The number of nitrogens with two attached hydrogens (primary N) is 1. The smallest absolute Gasteiger partial charge is 0.263 e. The lowest BCUT2D eigenvalue weighted by Gasteiger charge is -2.36. The van der Waals surface area contributed by atoms with Crippen LogP contribution in [0.15, 0.2) is 24.3 Å². The van der Waals surface area contributed by atoms with Crippen LogP contribution in [0.3, 0.4) is 0 Å². The summed E-state index contributed by atoms with van der Waals surface area (Å²) in [5.41, 5.74) is 5.96. The van der Waals surface area contributed by atoms with Crippen LogP contribution in [0.4, 0.5) is 4.39 Å². The molecule has 2 rings (SSSR count). The summed E-state index contributed by atoms with van der Waals surface area (Å²) in [7, 11) is 0. The maximum atomic E-state index is 13.7. The Kier molecular flexibility index (Phi) is 5.77. The fourth-order valence-electron chi connectivity index (χ4n) is 2.84. The highest BCUT2D eigenvalue weighted by Crippen LogP contribution is 2.22. The highest BCUT2D eigenvalue weighted by Gasteiger charge is 2.30. The monoisotopic (exact) mass is 308 g/mol. The van der Waals surface area contributed by atoms with E-state index in [9.17, 15) is 9.18 Å². The van der Waals surface area contributed by atoms with Crippen molar-refractivity contribution in [3.05, 3.63) is 30.1 Å². The number of piperidine rings is 1. The van der Waals surface area contributed by atoms with E-state index in [1.165, 1.54) is 6.07 Å². The van der Waals surface area contributed by atoms with Crippen LogP contribution < -0.4 is 10.5 Å². The lowest BCUT2D eigenvalue weighted by atomic mass is 9.92. The molecule has 0 aliphatic carbocycles. The van der Waals surface area contributed by atoms with Crippen molar-refractivity contribution in [3.8, 4) is 5.75 Å². The molecule has 0 saturated carbocycles. The van der Waals surface area contributed by atoms with Crippen LogP contribution in [0.5, 0.6) is 5.75 Å². The zero-order chi connectivity index (χ0) is 16.1. The molecular formula is C17H25FN2O2. The van der Waals surface area contributed by atoms with E-state index in [0.29, 0.717) is 18.9 Å². The number of halogens is 1. The number of para-hydroxylation sites is 1. The zero-order valence-electron chi connectivity index (χ0n) is 13.3. The molecule has 1 saturated heterocycles. The zero-order valence-corrected chi connectivity index (χ0v) is 13.3. The molecular weight excluding hydrogens is 283 g/mol. The number of hydrogen-bond acceptors (Lipinski definition) is 3. The average Bonchev–Trinajstić information content (AvgIpc) is 2.53. The third-order valence-corrected chi connectivity index (χ3v) is 4.27. The van der Waals surface area contributed by atoms with Gasteiger partial charge in [0, 0.05) is 19.1 Å². The molecule has 1 fully saturated rings. The van der Waals surface area contributed by atoms with Crippen LogP contribution in [-0.4, -0.2) is 36.0 Å². The van der Waals surface area contributed by atoms with Crippen LogP contribution in [0.2, 0.25) is 0 Å². The van der Waals surface area contributed by atoms with E-state index in [2.05, 4.69) is 0 Å². The van der Waals surface area contributed by atoms with Crippen molar-refractivity contribution >= 4 is 5.91 Å². The van der Waals surface area contributed by atoms with Crippen molar-refractivity contribution in [2.45, 2.75) is 45.3 Å². The standard InChI is InChI=1S/C17H25FN2O2/c1-3-15(22-16-9-5-4-8-14(16)18)17(21)20-10-6-7-13(11-20)12(2)19/h4-5,8-9,12-13,15H,3,6-7,10-11,19H2,1-2H3/t12-,13-,15+/m1/s1. The molecule has 5 heteroatoms. The van der Waals surface area contributed by atoms with Gasteiger partial charge in [0.15, 0.2) is 17.7 Å². The third-order valence-electron chi connectivity index (χ3n) is 4.27. The van der Waals surface area contributed by atoms with Crippen LogP contribution in [0, 0.1) is 11.7 Å². The Bertz CT molecular complexity index is 507. The van der Waals surface area contributed by atoms with Crippen molar-refractivity contribution in [3.63, 3.8) is 0 Å². The molecule has 0 bridgehead atoms. The number of likely N-dealkylation sites (tertiary alicyclic amines) is 1. The van der Waals surface area contributed by atoms with Gasteiger partial charge in [-0.15, -0.1) is 0 Å². The summed E-state index contributed by atoms with van der Waals surface area (Å²) in [6, 6.07) is 6.25. The summed E-state index contributed by atoms with van der Waals surface area (Å²) in [4.78, 5) is 14.5. The number of hydrogen-bond donors (Lipinski definition) is 1. The molecule has 1 aromatic rings. The van der Waals surface area contributed by atoms with Gasteiger partial charge in [0.05, 0.1) is 0 Å². The first kappa shape index (κ1) is 16.7. The van der Waals surface area contributed by atoms with Gasteiger partial charge >= 0.3 is 0 Å². The fraction of sp³-hybridized carbons (Fsp3) is 0.588. The summed E-state index contributed by atoms with van der Waals surface area (Å²) in [6.07, 6.45) is 1.86. The average molecular weight is 308 g/mol. The number of rotatable bonds is 5. The number of benzene rings is 1. The molecule has 1 aliphatic heterocycles. The quantitative estimate of drug-likeness (QED) is 0.909. The number of carbonyl (C=O) groups is 1. The van der Waals surface area contributed by atoms with Crippen molar-refractivity contribution in [2.24, 2.45) is 11.7 Å². The normalized spacial score (nSPS) is 21.3. The molecule has 0 radical (unpaired) electrons. The molecule has 2 N–H and O–H groups in total. The molecule has 3 atom stereocenters. The van der Waals surface area contributed by atoms with E-state index in [1.807, 2.05) is 18.7 Å². The predicted octanol–water partition coefficient (Wildman–Crippen LogP) is 2.57. The van der Waals surface area contributed by atoms with Gasteiger partial charge in [-0.25, -0.2) is 4.39 Å². The Labute approximate surface area is 131 Å². The second-order valence-electron chi connectivity index (χ2n) is 5.99. The largest absolute Gasteiger partial charge is 0.478 e. The van der Waals surface area contributed by atoms with E-state index < -0.39 is 11.9 Å². The lowest BCUT2D eigenvalue weighted by molar-refractivity contribution is -0.140. The van der Waals surface area contributed by atoms with Crippen molar-refractivity contribution in [1.29, 1.82) is 0 Å². The van der Waals surface area contributed by atoms with Crippen LogP contribution in [0.1, 0.15) is 33.1 Å². The second-order valence-corrected chi connectivity index (χ2v) is 5.99. The van der Waals surface area contributed by atoms with Gasteiger partial charge in [0.1, 0.15) is 0 Å². The molecule has 1 aromatic carbocycles. The minimum Gasteiger partial charge on any atom is -0.478 e. The first-order valence-corrected chi connectivity index (χ1v) is 7.98. The van der Waals surface area contributed by atoms with Gasteiger partial charge in [0.2, 0.25) is 0 Å². The highest BCUT2D eigenvalue weighted by molar-refractivity contribution is 5.81. The maximum Gasteiger partial charge on any atom is 0.263 e. The third kappa shape index (κ3) is 3.97. The summed E-state index contributed by atoms with van der Waals surface area (Å²) in [6.45, 7) is 5.23. The van der Waals surface area contributed by atoms with Gasteiger partial charge < -0.3 is 15.4 Å². The van der Waals surface area contributed by atoms with Gasteiger partial charge in [-0.05, 0) is 44.2 Å². The van der Waals surface area contributed by atoms with E-state index in [-0.39, 0.29) is 17.7 Å². The van der Waals surface area contributed by atoms with Crippen LogP contribution in [0.25, 0.3) is 0 Å². The van der Waals surface area contributed by atoms with Gasteiger partial charge in [-0.3, -0.25) is 4.79 Å². The Morgan fingerprint density at radius 2 is 2.23 bits per heavy atom. The summed E-state index contributed by atoms with van der Waals surface area (Å²) < 4.78 is 19.3. The fourth-order valence-corrected chi connectivity index (χ4v) is 2.84. The van der Waals surface area contributed by atoms with E-state index >= 15 is 0 Å². The molecule has 122 valence electrons. The molecule has 1 heterocycles. The number of nitrogens with zero attached hydrogens (tertiary/aromatic N) is 1. The van der Waals surface area contributed by atoms with Gasteiger partial charge in [-0.2, -0.15) is 0 Å². The second kappa shape index (κ2) is 7.58. The Balaban J connectivity index is 2.04. The Morgan fingerprint density at radius 1 is 1.50 bits per heavy atom. The molecule has 22 heavy (non-hydrogen) atoms. The van der Waals surface area contributed by atoms with Gasteiger partial charge in [0.25, 0.3) is 5.91 Å². The molecule has 0 aromatic heterocycles. The summed E-state index contributed by atoms with van der Waals surface area (Å²) in [5, 5.41) is 0. The summed E-state index contributed by atoms with van der Waals surface area (Å²) in [5.74, 6) is -0.0657. The molecule has 1 amide bonds. The van der Waals surface area contributed by atoms with E-state index in [1.54, 1.807) is 18.2 Å². The van der Waals surface area contributed by atoms with E-state index in [0.717, 1.165) is 19.4 Å². The Morgan fingerprint density at radius 3 is 2.86 bits per heavy atom. The first-order valence-electron chi connectivity index (χ1n) is 7.98. The minimum atomic E-state index is -0.649. The molecule has 1 aliphatic rings. The number of amides is 1. The Hall–Kier alpha value is -1.62. The van der Waals surface area contributed by atoms with Crippen LogP contribution >= 0.6 is 0 Å². The molecule has 4 nitrogen and oxygen atoms in total. The summed E-state index contributed by atoms with van der Waals surface area (Å²) >= 11 is 0. The van der Waals surface area contributed by atoms with Crippen molar-refractivity contribution in [1.82, 2.24) is 4.90 Å². The van der Waals surface area contributed by atoms with Crippen molar-refractivity contribution < 1.29 is 13.9 Å². The predicted molar refractivity (Wildman–Crippen MR) is 84.1 cm³/mol. The molecule has 0 unspecified atom stereocenters. The maximum absolute atomic E-state index is 13.7.